The summed E-state index contributed by atoms with van der Waals surface area (Å²) in [4.78, 5) is 43.9. The molecule has 1 aromatic carbocycles. The van der Waals surface area contributed by atoms with E-state index in [0.717, 1.165) is 88.1 Å². The number of carboxylic acids is 1. The fourth-order valence-electron chi connectivity index (χ4n) is 13.3. The number of aliphatic carboxylic acids is 1. The highest BCUT2D eigenvalue weighted by molar-refractivity contribution is 6.30. The lowest BCUT2D eigenvalue weighted by Crippen LogP contribution is -2.64. The number of carbonyl (C=O) groups excluding carboxylic acids is 2. The zero-order chi connectivity index (χ0) is 40.3. The predicted molar refractivity (Wildman–Crippen MR) is 221 cm³/mol. The standard InChI is InChI=1S/C47H71ClN2O5/c1-30(2)40-36(51)27-47(23-24-50(26-25-49(9)10)29-32-11-13-33(48)14-12-32)22-21-45(7)35(41(40)47)15-16-38-44(6)19-18-37(31(3)34(44)17-20-46(38,45)8)55-39(52)28-43(4,5)42(53)54/h11-14,30-31,34-35,37-38H,15-29H2,1-10H3,(H,53,54)/t31?,34?,35-,37+,38?,44+,45-,46-,47-/m1/s1. The topological polar surface area (TPSA) is 87.2 Å². The van der Waals surface area contributed by atoms with Crippen LogP contribution < -0.4 is 0 Å². The van der Waals surface area contributed by atoms with E-state index in [1.54, 1.807) is 19.4 Å². The van der Waals surface area contributed by atoms with Crippen LogP contribution in [0.2, 0.25) is 5.02 Å². The van der Waals surface area contributed by atoms with Crippen molar-refractivity contribution in [1.82, 2.24) is 9.80 Å². The van der Waals surface area contributed by atoms with Gasteiger partial charge in [-0.25, -0.2) is 0 Å². The average Bonchev–Trinajstić information content (AvgIpc) is 3.40. The molecule has 55 heavy (non-hydrogen) atoms. The summed E-state index contributed by atoms with van der Waals surface area (Å²) in [5, 5.41) is 10.4. The Morgan fingerprint density at radius 3 is 2.27 bits per heavy atom. The Morgan fingerprint density at radius 2 is 1.64 bits per heavy atom. The predicted octanol–water partition coefficient (Wildman–Crippen LogP) is 10.1. The van der Waals surface area contributed by atoms with E-state index in [2.05, 4.69) is 77.6 Å². The fraction of sp³-hybridized carbons (Fsp3) is 0.766. The lowest BCUT2D eigenvalue weighted by Gasteiger charge is -2.71. The minimum Gasteiger partial charge on any atom is -0.481 e. The van der Waals surface area contributed by atoms with Crippen molar-refractivity contribution in [3.8, 4) is 0 Å². The molecule has 8 heteroatoms. The molecular formula is C47H71ClN2O5. The number of halogens is 1. The summed E-state index contributed by atoms with van der Waals surface area (Å²) in [6.07, 6.45) is 10.1. The van der Waals surface area contributed by atoms with Crippen molar-refractivity contribution in [1.29, 1.82) is 0 Å². The Bertz CT molecular complexity index is 1650. The smallest absolute Gasteiger partial charge is 0.309 e. The van der Waals surface area contributed by atoms with E-state index >= 15 is 0 Å². The van der Waals surface area contributed by atoms with E-state index in [1.165, 1.54) is 12.0 Å². The van der Waals surface area contributed by atoms with Gasteiger partial charge >= 0.3 is 11.9 Å². The molecule has 4 fully saturated rings. The number of ether oxygens (including phenoxy) is 1. The van der Waals surface area contributed by atoms with E-state index in [0.29, 0.717) is 30.0 Å². The highest BCUT2D eigenvalue weighted by Gasteiger charge is 2.69. The van der Waals surface area contributed by atoms with Crippen LogP contribution in [0.5, 0.6) is 0 Å². The van der Waals surface area contributed by atoms with Crippen LogP contribution in [0, 0.1) is 56.7 Å². The van der Waals surface area contributed by atoms with Gasteiger partial charge in [0.1, 0.15) is 6.10 Å². The normalized spacial score (nSPS) is 36.1. The van der Waals surface area contributed by atoms with E-state index in [1.807, 2.05) is 12.1 Å². The van der Waals surface area contributed by atoms with Crippen molar-refractivity contribution in [3.05, 3.63) is 46.0 Å². The first-order valence-electron chi connectivity index (χ1n) is 21.5. The molecule has 0 radical (unpaired) electrons. The number of benzene rings is 1. The van der Waals surface area contributed by atoms with Crippen molar-refractivity contribution >= 4 is 29.3 Å². The van der Waals surface area contributed by atoms with Crippen LogP contribution in [0.15, 0.2) is 35.4 Å². The molecular weight excluding hydrogens is 708 g/mol. The number of hydrogen-bond donors (Lipinski definition) is 1. The first kappa shape index (κ1) is 42.4. The molecule has 4 saturated carbocycles. The first-order chi connectivity index (χ1) is 25.7. The molecule has 3 unspecified atom stereocenters. The van der Waals surface area contributed by atoms with Gasteiger partial charge in [0, 0.05) is 36.5 Å². The van der Waals surface area contributed by atoms with E-state index in [4.69, 9.17) is 16.3 Å². The molecule has 0 bridgehead atoms. The zero-order valence-electron chi connectivity index (χ0n) is 35.7. The summed E-state index contributed by atoms with van der Waals surface area (Å²) < 4.78 is 6.11. The largest absolute Gasteiger partial charge is 0.481 e. The van der Waals surface area contributed by atoms with Gasteiger partial charge in [-0.05, 0) is 161 Å². The van der Waals surface area contributed by atoms with Gasteiger partial charge in [0.05, 0.1) is 11.8 Å². The number of fused-ring (bicyclic) bond motifs is 7. The fourth-order valence-corrected chi connectivity index (χ4v) is 13.4. The number of likely N-dealkylation sites (N-methyl/N-ethyl adjacent to an activating group) is 1. The van der Waals surface area contributed by atoms with Crippen molar-refractivity contribution < 1.29 is 24.2 Å². The van der Waals surface area contributed by atoms with Gasteiger partial charge in [-0.15, -0.1) is 0 Å². The van der Waals surface area contributed by atoms with Crippen molar-refractivity contribution in [2.45, 2.75) is 139 Å². The Kier molecular flexibility index (Phi) is 12.0. The number of nitrogens with zero attached hydrogens (tertiary/aromatic N) is 2. The first-order valence-corrected chi connectivity index (χ1v) is 21.9. The number of carboxylic acid groups (broad SMARTS) is 1. The van der Waals surface area contributed by atoms with Gasteiger partial charge in [-0.3, -0.25) is 19.3 Å². The van der Waals surface area contributed by atoms with Gasteiger partial charge in [-0.2, -0.15) is 0 Å². The number of rotatable bonds is 13. The highest BCUT2D eigenvalue weighted by atomic mass is 35.5. The number of carbonyl (C=O) groups is 3. The summed E-state index contributed by atoms with van der Waals surface area (Å²) in [6.45, 7) is 21.6. The molecule has 9 atom stereocenters. The molecule has 6 rings (SSSR count). The number of esters is 1. The summed E-state index contributed by atoms with van der Waals surface area (Å²) in [7, 11) is 4.29. The van der Waals surface area contributed by atoms with Gasteiger partial charge in [0.25, 0.3) is 0 Å². The van der Waals surface area contributed by atoms with Crippen molar-refractivity contribution in [2.75, 3.05) is 33.7 Å². The van der Waals surface area contributed by atoms with Crippen LogP contribution in [-0.2, 0) is 25.7 Å². The quantitative estimate of drug-likeness (QED) is 0.200. The SMILES string of the molecule is CC(C)C1=C2[C@H]3CCC4[C@@]5(C)CC[C@H](OC(=O)CC(C)(C)C(=O)O)C(C)C5CC[C@@]4(C)[C@]3(C)CC[C@@]2(CCN(CCN(C)C)Cc2ccc(Cl)cc2)CC1=O. The van der Waals surface area contributed by atoms with Gasteiger partial charge in [-0.1, -0.05) is 70.8 Å². The van der Waals surface area contributed by atoms with E-state index in [9.17, 15) is 19.5 Å². The van der Waals surface area contributed by atoms with Crippen LogP contribution in [0.4, 0.5) is 0 Å². The van der Waals surface area contributed by atoms with Crippen LogP contribution >= 0.6 is 11.6 Å². The minimum absolute atomic E-state index is 0.0623. The summed E-state index contributed by atoms with van der Waals surface area (Å²) in [6, 6.07) is 8.27. The second-order valence-corrected chi connectivity index (χ2v) is 21.2. The van der Waals surface area contributed by atoms with Crippen molar-refractivity contribution in [2.24, 2.45) is 56.7 Å². The molecule has 7 nitrogen and oxygen atoms in total. The van der Waals surface area contributed by atoms with Gasteiger partial charge in [0.2, 0.25) is 0 Å². The van der Waals surface area contributed by atoms with Crippen molar-refractivity contribution in [3.63, 3.8) is 0 Å². The van der Waals surface area contributed by atoms with Crippen LogP contribution in [0.25, 0.3) is 0 Å². The maximum Gasteiger partial charge on any atom is 0.309 e. The third kappa shape index (κ3) is 7.62. The number of allylic oxidation sites excluding steroid dienone is 2. The minimum atomic E-state index is -1.14. The molecule has 0 spiro atoms. The molecule has 0 aliphatic heterocycles. The molecule has 306 valence electrons. The molecule has 1 N–H and O–H groups in total. The Balaban J connectivity index is 1.24. The van der Waals surface area contributed by atoms with Gasteiger partial charge in [0.15, 0.2) is 5.78 Å². The molecule has 0 amide bonds. The van der Waals surface area contributed by atoms with E-state index in [-0.39, 0.29) is 46.0 Å². The molecule has 0 saturated heterocycles. The summed E-state index contributed by atoms with van der Waals surface area (Å²) in [5.41, 5.74) is 3.20. The van der Waals surface area contributed by atoms with Crippen LogP contribution in [0.1, 0.15) is 132 Å². The lowest BCUT2D eigenvalue weighted by atomic mass is 9.34. The third-order valence-corrected chi connectivity index (χ3v) is 16.9. The Labute approximate surface area is 337 Å². The maximum atomic E-state index is 14.2. The average molecular weight is 780 g/mol. The third-order valence-electron chi connectivity index (χ3n) is 16.6. The number of hydrogen-bond acceptors (Lipinski definition) is 6. The molecule has 0 heterocycles. The molecule has 5 aliphatic rings. The lowest BCUT2D eigenvalue weighted by molar-refractivity contribution is -0.216. The monoisotopic (exact) mass is 779 g/mol. The highest BCUT2D eigenvalue weighted by Crippen LogP contribution is 2.76. The Morgan fingerprint density at radius 1 is 0.945 bits per heavy atom. The van der Waals surface area contributed by atoms with Crippen LogP contribution in [0.3, 0.4) is 0 Å². The molecule has 5 aliphatic carbocycles. The second kappa shape index (κ2) is 15.5. The maximum absolute atomic E-state index is 14.2. The number of Topliss-reactive ketones (excluding diaryl/α,β-unsaturated/α-hetero) is 1. The van der Waals surface area contributed by atoms with Crippen LogP contribution in [-0.4, -0.2) is 72.5 Å². The summed E-state index contributed by atoms with van der Waals surface area (Å²) >= 11 is 6.25. The second-order valence-electron chi connectivity index (χ2n) is 20.8. The van der Waals surface area contributed by atoms with E-state index < -0.39 is 17.4 Å². The van der Waals surface area contributed by atoms with Gasteiger partial charge < -0.3 is 14.7 Å². The summed E-state index contributed by atoms with van der Waals surface area (Å²) in [5.74, 6) is 0.948. The zero-order valence-corrected chi connectivity index (χ0v) is 36.5. The molecule has 0 aromatic heterocycles. The number of ketones is 1. The molecule has 1 aromatic rings. The Hall–Kier alpha value is -2.22.